The Morgan fingerprint density at radius 3 is 2.86 bits per heavy atom. The Labute approximate surface area is 80.0 Å². The molecular weight excluding hydrogens is 182 g/mol. The second-order valence-electron chi connectivity index (χ2n) is 3.16. The Balaban J connectivity index is 2.89. The molecule has 0 fully saturated rings. The minimum atomic E-state index is -1.05. The number of carboxylic acid groups (broad SMARTS) is 1. The van der Waals surface area contributed by atoms with Crippen LogP contribution in [0.15, 0.2) is 12.3 Å². The van der Waals surface area contributed by atoms with E-state index in [0.717, 1.165) is 11.1 Å². The number of aryl methyl sites for hydroxylation is 2. The summed E-state index contributed by atoms with van der Waals surface area (Å²) in [6.45, 7) is 3.79. The van der Waals surface area contributed by atoms with Crippen molar-refractivity contribution in [2.24, 2.45) is 0 Å². The third kappa shape index (κ3) is 1.06. The summed E-state index contributed by atoms with van der Waals surface area (Å²) in [6.07, 6.45) is 1.71. The Morgan fingerprint density at radius 1 is 1.50 bits per heavy atom. The van der Waals surface area contributed by atoms with Gasteiger partial charge in [-0.2, -0.15) is 0 Å². The number of aromatic nitrogens is 3. The second-order valence-corrected chi connectivity index (χ2v) is 3.16. The number of carboxylic acids is 1. The van der Waals surface area contributed by atoms with E-state index in [2.05, 4.69) is 10.3 Å². The lowest BCUT2D eigenvalue weighted by Crippen LogP contribution is -1.99. The normalized spacial score (nSPS) is 10.7. The van der Waals surface area contributed by atoms with E-state index in [9.17, 15) is 4.79 Å². The smallest absolute Gasteiger partial charge is 0.358 e. The van der Waals surface area contributed by atoms with Crippen molar-refractivity contribution in [2.45, 2.75) is 13.8 Å². The van der Waals surface area contributed by atoms with Gasteiger partial charge in [-0.1, -0.05) is 5.21 Å². The topological polar surface area (TPSA) is 67.5 Å². The summed E-state index contributed by atoms with van der Waals surface area (Å²) >= 11 is 0. The van der Waals surface area contributed by atoms with Crippen LogP contribution in [0.4, 0.5) is 0 Å². The molecule has 0 bridgehead atoms. The van der Waals surface area contributed by atoms with E-state index < -0.39 is 5.97 Å². The second kappa shape index (κ2) is 2.80. The minimum absolute atomic E-state index is 0.00574. The van der Waals surface area contributed by atoms with E-state index in [1.165, 1.54) is 4.52 Å². The lowest BCUT2D eigenvalue weighted by Gasteiger charge is -2.01. The zero-order valence-corrected chi connectivity index (χ0v) is 7.85. The Morgan fingerprint density at radius 2 is 2.21 bits per heavy atom. The molecule has 0 aliphatic carbocycles. The van der Waals surface area contributed by atoms with Gasteiger partial charge in [0.05, 0.1) is 0 Å². The highest BCUT2D eigenvalue weighted by Gasteiger charge is 2.15. The van der Waals surface area contributed by atoms with Crippen LogP contribution in [0, 0.1) is 13.8 Å². The fourth-order valence-electron chi connectivity index (χ4n) is 1.39. The molecule has 72 valence electrons. The number of pyridine rings is 1. The molecule has 0 radical (unpaired) electrons. The van der Waals surface area contributed by atoms with Gasteiger partial charge in [0.1, 0.15) is 5.52 Å². The summed E-state index contributed by atoms with van der Waals surface area (Å²) in [6, 6.07) is 1.88. The lowest BCUT2D eigenvalue weighted by molar-refractivity contribution is 0.0692. The fourth-order valence-corrected chi connectivity index (χ4v) is 1.39. The Kier molecular flexibility index (Phi) is 1.73. The molecule has 0 aliphatic heterocycles. The van der Waals surface area contributed by atoms with Crippen LogP contribution >= 0.6 is 0 Å². The highest BCUT2D eigenvalue weighted by Crippen LogP contribution is 2.16. The highest BCUT2D eigenvalue weighted by atomic mass is 16.4. The van der Waals surface area contributed by atoms with Crippen LogP contribution < -0.4 is 0 Å². The van der Waals surface area contributed by atoms with Gasteiger partial charge in [0.25, 0.3) is 0 Å². The van der Waals surface area contributed by atoms with Crippen molar-refractivity contribution in [2.75, 3.05) is 0 Å². The predicted octanol–water partition coefficient (Wildman–Crippen LogP) is 1.04. The van der Waals surface area contributed by atoms with Crippen LogP contribution in [0.25, 0.3) is 5.52 Å². The number of aromatic carboxylic acids is 1. The van der Waals surface area contributed by atoms with Crippen LogP contribution in [0.5, 0.6) is 0 Å². The molecule has 5 nitrogen and oxygen atoms in total. The van der Waals surface area contributed by atoms with Gasteiger partial charge in [0.15, 0.2) is 5.69 Å². The summed E-state index contributed by atoms with van der Waals surface area (Å²) < 4.78 is 1.48. The summed E-state index contributed by atoms with van der Waals surface area (Å²) in [4.78, 5) is 10.8. The van der Waals surface area contributed by atoms with E-state index in [4.69, 9.17) is 5.11 Å². The van der Waals surface area contributed by atoms with E-state index in [1.807, 2.05) is 19.9 Å². The largest absolute Gasteiger partial charge is 0.476 e. The minimum Gasteiger partial charge on any atom is -0.476 e. The lowest BCUT2D eigenvalue weighted by atomic mass is 10.1. The summed E-state index contributed by atoms with van der Waals surface area (Å²) in [5.41, 5.74) is 2.50. The fraction of sp³-hybridized carbons (Fsp3) is 0.222. The molecule has 2 aromatic heterocycles. The molecule has 2 rings (SSSR count). The van der Waals surface area contributed by atoms with Gasteiger partial charge in [-0.05, 0) is 31.0 Å². The summed E-state index contributed by atoms with van der Waals surface area (Å²) in [7, 11) is 0. The van der Waals surface area contributed by atoms with Crippen LogP contribution in [-0.4, -0.2) is 25.9 Å². The van der Waals surface area contributed by atoms with Crippen molar-refractivity contribution in [1.82, 2.24) is 14.8 Å². The maximum absolute atomic E-state index is 10.8. The average Bonchev–Trinajstić information content (AvgIpc) is 2.55. The molecule has 2 aromatic rings. The molecule has 5 heteroatoms. The van der Waals surface area contributed by atoms with Gasteiger partial charge >= 0.3 is 5.97 Å². The third-order valence-electron chi connectivity index (χ3n) is 2.31. The number of fused-ring (bicyclic) bond motifs is 1. The highest BCUT2D eigenvalue weighted by molar-refractivity contribution is 5.94. The van der Waals surface area contributed by atoms with E-state index in [0.29, 0.717) is 5.52 Å². The summed E-state index contributed by atoms with van der Waals surface area (Å²) in [5.74, 6) is -1.05. The molecular formula is C9H9N3O2. The van der Waals surface area contributed by atoms with Crippen molar-refractivity contribution in [1.29, 1.82) is 0 Å². The molecule has 0 saturated carbocycles. The standard InChI is InChI=1S/C9H9N3O2/c1-5-3-4-12-8(6(5)2)7(9(13)14)10-11-12/h3-4H,1-2H3,(H,13,14). The first-order valence-electron chi connectivity index (χ1n) is 4.16. The maximum atomic E-state index is 10.8. The van der Waals surface area contributed by atoms with E-state index >= 15 is 0 Å². The Bertz CT molecular complexity index is 516. The molecule has 0 unspecified atom stereocenters. The molecule has 0 aromatic carbocycles. The third-order valence-corrected chi connectivity index (χ3v) is 2.31. The zero-order valence-electron chi connectivity index (χ0n) is 7.85. The first-order chi connectivity index (χ1) is 6.61. The van der Waals surface area contributed by atoms with Crippen LogP contribution in [0.1, 0.15) is 21.6 Å². The zero-order chi connectivity index (χ0) is 10.3. The molecule has 2 heterocycles. The Hall–Kier alpha value is -1.91. The molecule has 0 spiro atoms. The van der Waals surface area contributed by atoms with Gasteiger partial charge < -0.3 is 5.11 Å². The number of nitrogens with zero attached hydrogens (tertiary/aromatic N) is 3. The van der Waals surface area contributed by atoms with Gasteiger partial charge in [0, 0.05) is 6.20 Å². The predicted molar refractivity (Wildman–Crippen MR) is 49.4 cm³/mol. The van der Waals surface area contributed by atoms with Gasteiger partial charge in [-0.3, -0.25) is 0 Å². The molecule has 0 aliphatic rings. The van der Waals surface area contributed by atoms with Crippen LogP contribution in [0.3, 0.4) is 0 Å². The summed E-state index contributed by atoms with van der Waals surface area (Å²) in [5, 5.41) is 16.2. The number of hydrogen-bond acceptors (Lipinski definition) is 3. The van der Waals surface area contributed by atoms with Gasteiger partial charge in [-0.25, -0.2) is 9.31 Å². The van der Waals surface area contributed by atoms with Crippen LogP contribution in [0.2, 0.25) is 0 Å². The number of rotatable bonds is 1. The maximum Gasteiger partial charge on any atom is 0.358 e. The van der Waals surface area contributed by atoms with Crippen LogP contribution in [-0.2, 0) is 0 Å². The molecule has 0 atom stereocenters. The molecule has 1 N–H and O–H groups in total. The molecule has 14 heavy (non-hydrogen) atoms. The number of hydrogen-bond donors (Lipinski definition) is 1. The quantitative estimate of drug-likeness (QED) is 0.731. The molecule has 0 saturated heterocycles. The monoisotopic (exact) mass is 191 g/mol. The first-order valence-corrected chi connectivity index (χ1v) is 4.16. The van der Waals surface area contributed by atoms with Crippen molar-refractivity contribution in [3.8, 4) is 0 Å². The average molecular weight is 191 g/mol. The van der Waals surface area contributed by atoms with Crippen molar-refractivity contribution in [3.63, 3.8) is 0 Å². The van der Waals surface area contributed by atoms with E-state index in [-0.39, 0.29) is 5.69 Å². The SMILES string of the molecule is Cc1ccn2nnc(C(=O)O)c2c1C. The first kappa shape index (κ1) is 8.68. The van der Waals surface area contributed by atoms with Gasteiger partial charge in [0.2, 0.25) is 0 Å². The van der Waals surface area contributed by atoms with Gasteiger partial charge in [-0.15, -0.1) is 5.10 Å². The van der Waals surface area contributed by atoms with Crippen molar-refractivity contribution in [3.05, 3.63) is 29.1 Å². The van der Waals surface area contributed by atoms with Crippen molar-refractivity contribution >= 4 is 11.5 Å². The van der Waals surface area contributed by atoms with E-state index in [1.54, 1.807) is 6.20 Å². The van der Waals surface area contributed by atoms with Crippen molar-refractivity contribution < 1.29 is 9.90 Å². The molecule has 0 amide bonds. The number of carbonyl (C=O) groups is 1.